The molecule has 1 fully saturated rings. The second kappa shape index (κ2) is 8.70. The maximum Gasteiger partial charge on any atom is 0.416 e. The molecule has 0 aromatic heterocycles. The number of hydrogen-bond acceptors (Lipinski definition) is 2. The third kappa shape index (κ3) is 5.15. The first-order chi connectivity index (χ1) is 14.4. The van der Waals surface area contributed by atoms with Crippen molar-refractivity contribution in [3.8, 4) is 0 Å². The number of hydrogen-bond donors (Lipinski definition) is 1. The van der Waals surface area contributed by atoms with Crippen molar-refractivity contribution in [1.29, 1.82) is 0 Å². The van der Waals surface area contributed by atoms with Gasteiger partial charge in [0.15, 0.2) is 0 Å². The lowest BCUT2D eigenvalue weighted by Crippen LogP contribution is -2.47. The lowest BCUT2D eigenvalue weighted by molar-refractivity contribution is -0.146. The van der Waals surface area contributed by atoms with Crippen LogP contribution in [0.1, 0.15) is 47.6 Å². The Morgan fingerprint density at radius 1 is 1.00 bits per heavy atom. The van der Waals surface area contributed by atoms with Crippen molar-refractivity contribution in [2.24, 2.45) is 0 Å². The fraction of sp³-hybridized carbons (Fsp3) is 0.381. The number of carboxylic acid groups (broad SMARTS) is 1. The van der Waals surface area contributed by atoms with Gasteiger partial charge in [0.2, 0.25) is 0 Å². The first-order valence-corrected chi connectivity index (χ1v) is 9.79. The van der Waals surface area contributed by atoms with E-state index in [4.69, 9.17) is 11.6 Å². The Kier molecular flexibility index (Phi) is 6.57. The fourth-order valence-corrected chi connectivity index (χ4v) is 4.11. The summed E-state index contributed by atoms with van der Waals surface area (Å²) in [6.07, 6.45) is -8.02. The molecule has 2 aromatic rings. The number of piperidine rings is 1. The van der Waals surface area contributed by atoms with Crippen molar-refractivity contribution in [2.45, 2.75) is 43.7 Å². The molecule has 2 unspecified atom stereocenters. The Morgan fingerprint density at radius 3 is 2.26 bits per heavy atom. The minimum Gasteiger partial charge on any atom is -0.480 e. The smallest absolute Gasteiger partial charge is 0.416 e. The van der Waals surface area contributed by atoms with E-state index < -0.39 is 41.5 Å². The summed E-state index contributed by atoms with van der Waals surface area (Å²) < 4.78 is 79.9. The SMILES string of the molecule is O=C(O)C1CCCCN1C(c1cccc(C(F)(F)F)c1)c1cc(C(F)(F)F)ccc1Cl. The number of aliphatic carboxylic acids is 1. The lowest BCUT2D eigenvalue weighted by Gasteiger charge is -2.40. The van der Waals surface area contributed by atoms with Crippen LogP contribution in [-0.4, -0.2) is 28.6 Å². The summed E-state index contributed by atoms with van der Waals surface area (Å²) in [5, 5.41) is 9.56. The van der Waals surface area contributed by atoms with Crippen LogP contribution in [0, 0.1) is 0 Å². The van der Waals surface area contributed by atoms with Crippen LogP contribution in [0.2, 0.25) is 5.02 Å². The summed E-state index contributed by atoms with van der Waals surface area (Å²) in [7, 11) is 0. The van der Waals surface area contributed by atoms with Gasteiger partial charge >= 0.3 is 18.3 Å². The van der Waals surface area contributed by atoms with E-state index >= 15 is 0 Å². The summed E-state index contributed by atoms with van der Waals surface area (Å²) in [5.74, 6) is -1.19. The molecule has 168 valence electrons. The number of carbonyl (C=O) groups is 1. The van der Waals surface area contributed by atoms with Gasteiger partial charge in [-0.05, 0) is 60.8 Å². The highest BCUT2D eigenvalue weighted by Crippen LogP contribution is 2.41. The molecular weight excluding hydrogens is 448 g/mol. The number of alkyl halides is 6. The molecule has 0 bridgehead atoms. The van der Waals surface area contributed by atoms with E-state index in [9.17, 15) is 36.2 Å². The van der Waals surface area contributed by atoms with Crippen LogP contribution in [0.5, 0.6) is 0 Å². The van der Waals surface area contributed by atoms with E-state index in [1.54, 1.807) is 0 Å². The van der Waals surface area contributed by atoms with E-state index in [1.807, 2.05) is 0 Å². The highest BCUT2D eigenvalue weighted by Gasteiger charge is 2.39. The number of benzene rings is 2. The van der Waals surface area contributed by atoms with Gasteiger partial charge in [-0.15, -0.1) is 0 Å². The average Bonchev–Trinajstić information content (AvgIpc) is 2.68. The van der Waals surface area contributed by atoms with Crippen LogP contribution >= 0.6 is 11.6 Å². The Balaban J connectivity index is 2.22. The Morgan fingerprint density at radius 2 is 1.65 bits per heavy atom. The van der Waals surface area contributed by atoms with E-state index in [0.717, 1.165) is 36.4 Å². The van der Waals surface area contributed by atoms with Gasteiger partial charge in [0.05, 0.1) is 17.2 Å². The van der Waals surface area contributed by atoms with E-state index in [1.165, 1.54) is 11.0 Å². The summed E-state index contributed by atoms with van der Waals surface area (Å²) in [6, 6.07) is 4.47. The van der Waals surface area contributed by atoms with Gasteiger partial charge in [0.25, 0.3) is 0 Å². The molecule has 1 heterocycles. The molecule has 1 saturated heterocycles. The predicted molar refractivity (Wildman–Crippen MR) is 102 cm³/mol. The molecule has 0 radical (unpaired) electrons. The van der Waals surface area contributed by atoms with Crippen LogP contribution in [0.3, 0.4) is 0 Å². The van der Waals surface area contributed by atoms with Crippen molar-refractivity contribution in [1.82, 2.24) is 4.90 Å². The summed E-state index contributed by atoms with van der Waals surface area (Å²) >= 11 is 6.20. The molecule has 1 N–H and O–H groups in total. The standard InChI is InChI=1S/C21H18ClF6NO2/c22-16-8-7-14(21(26,27)28)11-15(16)18(29-9-2-1-6-17(29)19(30)31)12-4-3-5-13(10-12)20(23,24)25/h3-5,7-8,10-11,17-18H,1-2,6,9H2,(H,30,31). The average molecular weight is 466 g/mol. The topological polar surface area (TPSA) is 40.5 Å². The zero-order valence-corrected chi connectivity index (χ0v) is 16.7. The first kappa shape index (κ1) is 23.4. The van der Waals surface area contributed by atoms with Gasteiger partial charge in [-0.3, -0.25) is 9.69 Å². The molecule has 3 rings (SSSR count). The number of likely N-dealkylation sites (tertiary alicyclic amines) is 1. The molecule has 0 amide bonds. The van der Waals surface area contributed by atoms with Crippen molar-refractivity contribution in [3.63, 3.8) is 0 Å². The van der Waals surface area contributed by atoms with Crippen molar-refractivity contribution in [2.75, 3.05) is 6.54 Å². The van der Waals surface area contributed by atoms with Gasteiger partial charge in [0.1, 0.15) is 6.04 Å². The van der Waals surface area contributed by atoms with Crippen molar-refractivity contribution >= 4 is 17.6 Å². The molecule has 0 aliphatic carbocycles. The Hall–Kier alpha value is -2.26. The minimum atomic E-state index is -4.70. The molecular formula is C21H18ClF6NO2. The molecule has 3 nitrogen and oxygen atoms in total. The van der Waals surface area contributed by atoms with Gasteiger partial charge in [-0.2, -0.15) is 26.3 Å². The fourth-order valence-electron chi connectivity index (χ4n) is 3.89. The lowest BCUT2D eigenvalue weighted by atomic mass is 9.90. The van der Waals surface area contributed by atoms with E-state index in [2.05, 4.69) is 0 Å². The minimum absolute atomic E-state index is 0.0178. The molecule has 1 aliphatic heterocycles. The summed E-state index contributed by atoms with van der Waals surface area (Å²) in [4.78, 5) is 13.3. The zero-order valence-electron chi connectivity index (χ0n) is 16.0. The molecule has 10 heteroatoms. The maximum absolute atomic E-state index is 13.3. The van der Waals surface area contributed by atoms with Gasteiger partial charge in [-0.25, -0.2) is 0 Å². The number of carboxylic acids is 1. The highest BCUT2D eigenvalue weighted by molar-refractivity contribution is 6.31. The van der Waals surface area contributed by atoms with Crippen LogP contribution < -0.4 is 0 Å². The zero-order chi connectivity index (χ0) is 23.0. The number of nitrogens with zero attached hydrogens (tertiary/aromatic N) is 1. The third-order valence-electron chi connectivity index (χ3n) is 5.31. The molecule has 2 aromatic carbocycles. The third-order valence-corrected chi connectivity index (χ3v) is 5.65. The molecule has 31 heavy (non-hydrogen) atoms. The summed E-state index contributed by atoms with van der Waals surface area (Å²) in [6.45, 7) is 0.185. The number of rotatable bonds is 4. The monoisotopic (exact) mass is 465 g/mol. The highest BCUT2D eigenvalue weighted by atomic mass is 35.5. The summed E-state index contributed by atoms with van der Waals surface area (Å²) in [5.41, 5.74) is -2.08. The largest absolute Gasteiger partial charge is 0.480 e. The second-order valence-corrected chi connectivity index (χ2v) is 7.75. The molecule has 1 aliphatic rings. The van der Waals surface area contributed by atoms with E-state index in [0.29, 0.717) is 12.8 Å². The molecule has 2 atom stereocenters. The first-order valence-electron chi connectivity index (χ1n) is 9.42. The second-order valence-electron chi connectivity index (χ2n) is 7.35. The van der Waals surface area contributed by atoms with Crippen LogP contribution in [0.25, 0.3) is 0 Å². The maximum atomic E-state index is 13.3. The number of halogens is 7. The Labute approximate surface area is 179 Å². The van der Waals surface area contributed by atoms with Crippen LogP contribution in [0.15, 0.2) is 42.5 Å². The van der Waals surface area contributed by atoms with Crippen molar-refractivity contribution < 1.29 is 36.2 Å². The van der Waals surface area contributed by atoms with Crippen LogP contribution in [-0.2, 0) is 17.1 Å². The van der Waals surface area contributed by atoms with E-state index in [-0.39, 0.29) is 29.1 Å². The van der Waals surface area contributed by atoms with Crippen LogP contribution in [0.4, 0.5) is 26.3 Å². The van der Waals surface area contributed by atoms with Gasteiger partial charge in [0, 0.05) is 5.02 Å². The van der Waals surface area contributed by atoms with Gasteiger partial charge < -0.3 is 5.11 Å². The quantitative estimate of drug-likeness (QED) is 0.531. The molecule has 0 saturated carbocycles. The Bertz CT molecular complexity index is 960. The van der Waals surface area contributed by atoms with Gasteiger partial charge in [-0.1, -0.05) is 30.2 Å². The normalized spacial score (nSPS) is 19.3. The molecule has 0 spiro atoms. The predicted octanol–water partition coefficient (Wildman–Crippen LogP) is 6.41. The van der Waals surface area contributed by atoms with Crippen molar-refractivity contribution in [3.05, 3.63) is 69.7 Å².